The lowest BCUT2D eigenvalue weighted by Gasteiger charge is -2.11. The first-order valence-electron chi connectivity index (χ1n) is 7.70. The maximum Gasteiger partial charge on any atom is 0.200 e. The maximum absolute atomic E-state index is 12.6. The molecule has 0 aliphatic carbocycles. The zero-order chi connectivity index (χ0) is 16.8. The first kappa shape index (κ1) is 15.7. The molecule has 0 N–H and O–H groups in total. The van der Waals surface area contributed by atoms with E-state index in [9.17, 15) is 10.0 Å². The highest BCUT2D eigenvalue weighted by Gasteiger charge is 2.16. The van der Waals surface area contributed by atoms with Crippen molar-refractivity contribution in [2.24, 2.45) is 0 Å². The predicted octanol–water partition coefficient (Wildman–Crippen LogP) is 3.32. The van der Waals surface area contributed by atoms with Crippen LogP contribution in [0.15, 0.2) is 79.0 Å². The average Bonchev–Trinajstić information content (AvgIpc) is 2.63. The molecule has 0 fully saturated rings. The van der Waals surface area contributed by atoms with Crippen LogP contribution in [-0.4, -0.2) is 5.78 Å². The molecule has 3 aromatic rings. The van der Waals surface area contributed by atoms with E-state index in [4.69, 9.17) is 4.74 Å². The molecule has 0 aliphatic heterocycles. The van der Waals surface area contributed by atoms with Gasteiger partial charge in [0.1, 0.15) is 12.4 Å². The molecule has 0 spiro atoms. The Labute approximate surface area is 140 Å². The topological polar surface area (TPSA) is 53.2 Å². The van der Waals surface area contributed by atoms with Gasteiger partial charge in [-0.2, -0.15) is 4.73 Å². The van der Waals surface area contributed by atoms with Crippen molar-refractivity contribution in [1.82, 2.24) is 0 Å². The van der Waals surface area contributed by atoms with Crippen molar-refractivity contribution < 1.29 is 14.3 Å². The molecule has 0 aliphatic rings. The second kappa shape index (κ2) is 7.42. The summed E-state index contributed by atoms with van der Waals surface area (Å²) in [6.45, 7) is 0.387. The minimum absolute atomic E-state index is 0.0377. The number of benzene rings is 2. The highest BCUT2D eigenvalue weighted by molar-refractivity contribution is 5.99. The van der Waals surface area contributed by atoms with Crippen molar-refractivity contribution in [2.45, 2.75) is 13.0 Å². The Morgan fingerprint density at radius 3 is 2.42 bits per heavy atom. The van der Waals surface area contributed by atoms with Gasteiger partial charge >= 0.3 is 0 Å². The van der Waals surface area contributed by atoms with Crippen LogP contribution < -0.4 is 9.47 Å². The molecule has 0 saturated heterocycles. The van der Waals surface area contributed by atoms with Crippen LogP contribution in [0.25, 0.3) is 0 Å². The summed E-state index contributed by atoms with van der Waals surface area (Å²) in [7, 11) is 0. The van der Waals surface area contributed by atoms with E-state index >= 15 is 0 Å². The molecule has 0 unspecified atom stereocenters. The smallest absolute Gasteiger partial charge is 0.200 e. The van der Waals surface area contributed by atoms with Crippen molar-refractivity contribution in [3.63, 3.8) is 0 Å². The van der Waals surface area contributed by atoms with Gasteiger partial charge in [0.25, 0.3) is 0 Å². The molecule has 4 heteroatoms. The van der Waals surface area contributed by atoms with Crippen LogP contribution in [0, 0.1) is 5.21 Å². The van der Waals surface area contributed by atoms with Crippen LogP contribution in [0.1, 0.15) is 21.6 Å². The molecular formula is C20H17NO3. The number of hydrogen-bond donors (Lipinski definition) is 0. The van der Waals surface area contributed by atoms with E-state index in [2.05, 4.69) is 0 Å². The number of ether oxygens (including phenoxy) is 1. The van der Waals surface area contributed by atoms with Gasteiger partial charge in [0.2, 0.25) is 5.69 Å². The zero-order valence-corrected chi connectivity index (χ0v) is 13.1. The number of carbonyl (C=O) groups excluding carboxylic acids is 1. The summed E-state index contributed by atoms with van der Waals surface area (Å²) < 4.78 is 6.52. The number of pyridine rings is 1. The Morgan fingerprint density at radius 1 is 0.917 bits per heavy atom. The molecule has 0 amide bonds. The lowest BCUT2D eigenvalue weighted by molar-refractivity contribution is -0.613. The van der Waals surface area contributed by atoms with E-state index in [-0.39, 0.29) is 12.2 Å². The van der Waals surface area contributed by atoms with Crippen molar-refractivity contribution in [3.8, 4) is 5.75 Å². The molecule has 120 valence electrons. The minimum Gasteiger partial charge on any atom is -0.618 e. The van der Waals surface area contributed by atoms with Gasteiger partial charge in [0, 0.05) is 12.1 Å². The van der Waals surface area contributed by atoms with Crippen LogP contribution in [0.5, 0.6) is 5.75 Å². The Hall–Kier alpha value is -3.14. The van der Waals surface area contributed by atoms with Gasteiger partial charge in [-0.1, -0.05) is 42.5 Å². The highest BCUT2D eigenvalue weighted by atomic mass is 16.5. The summed E-state index contributed by atoms with van der Waals surface area (Å²) in [5.41, 5.74) is 1.93. The second-order valence-electron chi connectivity index (χ2n) is 5.39. The number of rotatable bonds is 6. The van der Waals surface area contributed by atoms with E-state index in [0.717, 1.165) is 5.56 Å². The Balaban J connectivity index is 1.76. The van der Waals surface area contributed by atoms with E-state index < -0.39 is 0 Å². The molecule has 2 aromatic carbocycles. The van der Waals surface area contributed by atoms with Crippen LogP contribution in [0.4, 0.5) is 0 Å². The summed E-state index contributed by atoms with van der Waals surface area (Å²) in [5.74, 6) is 0.384. The van der Waals surface area contributed by atoms with Crippen LogP contribution in [-0.2, 0) is 13.0 Å². The molecule has 0 bridgehead atoms. The van der Waals surface area contributed by atoms with Gasteiger partial charge in [0.05, 0.1) is 12.0 Å². The number of para-hydroxylation sites is 1. The SMILES string of the molecule is O=C(Cc1cccc[n+]1[O-])c1ccccc1OCc1ccccc1. The molecule has 4 nitrogen and oxygen atoms in total. The lowest BCUT2D eigenvalue weighted by Crippen LogP contribution is -2.32. The first-order valence-corrected chi connectivity index (χ1v) is 7.70. The first-order chi connectivity index (χ1) is 11.7. The fourth-order valence-corrected chi connectivity index (χ4v) is 2.42. The van der Waals surface area contributed by atoms with Crippen molar-refractivity contribution in [2.75, 3.05) is 0 Å². The number of aromatic nitrogens is 1. The predicted molar refractivity (Wildman–Crippen MR) is 90.7 cm³/mol. The number of Topliss-reactive ketones (excluding diaryl/α,β-unsaturated/α-hetero) is 1. The second-order valence-corrected chi connectivity index (χ2v) is 5.39. The molecule has 0 saturated carbocycles. The van der Waals surface area contributed by atoms with Gasteiger partial charge in [-0.05, 0) is 23.8 Å². The molecular weight excluding hydrogens is 302 g/mol. The van der Waals surface area contributed by atoms with Crippen LogP contribution in [0.2, 0.25) is 0 Å². The minimum atomic E-state index is -0.144. The molecule has 3 rings (SSSR count). The van der Waals surface area contributed by atoms with Gasteiger partial charge in [-0.3, -0.25) is 4.79 Å². The molecule has 1 aromatic heterocycles. The number of ketones is 1. The third-order valence-electron chi connectivity index (χ3n) is 3.67. The average molecular weight is 319 g/mol. The standard InChI is InChI=1S/C20H17NO3/c22-19(14-17-10-6-7-13-21(17)23)18-11-4-5-12-20(18)24-15-16-8-2-1-3-9-16/h1-13H,14-15H2. The number of nitrogens with zero attached hydrogens (tertiary/aromatic N) is 1. The normalized spacial score (nSPS) is 10.3. The van der Waals surface area contributed by atoms with E-state index in [1.807, 2.05) is 36.4 Å². The number of hydrogen-bond acceptors (Lipinski definition) is 3. The molecule has 0 radical (unpaired) electrons. The van der Waals surface area contributed by atoms with E-state index in [1.165, 1.54) is 6.20 Å². The summed E-state index contributed by atoms with van der Waals surface area (Å²) in [6, 6.07) is 21.9. The Kier molecular flexibility index (Phi) is 4.87. The quantitative estimate of drug-likeness (QED) is 0.398. The highest BCUT2D eigenvalue weighted by Crippen LogP contribution is 2.21. The third-order valence-corrected chi connectivity index (χ3v) is 3.67. The summed E-state index contributed by atoms with van der Waals surface area (Å²) in [4.78, 5) is 12.6. The molecule has 1 heterocycles. The monoisotopic (exact) mass is 319 g/mol. The third kappa shape index (κ3) is 3.79. The van der Waals surface area contributed by atoms with Crippen LogP contribution >= 0.6 is 0 Å². The fraction of sp³-hybridized carbons (Fsp3) is 0.100. The van der Waals surface area contributed by atoms with Gasteiger partial charge in [-0.15, -0.1) is 0 Å². The molecule has 24 heavy (non-hydrogen) atoms. The summed E-state index contributed by atoms with van der Waals surface area (Å²) in [6.07, 6.45) is 1.43. The Morgan fingerprint density at radius 2 is 1.62 bits per heavy atom. The van der Waals surface area contributed by atoms with Crippen molar-refractivity contribution in [3.05, 3.63) is 101 Å². The Bertz CT molecular complexity index is 831. The lowest BCUT2D eigenvalue weighted by atomic mass is 10.1. The largest absolute Gasteiger partial charge is 0.618 e. The van der Waals surface area contributed by atoms with Gasteiger partial charge in [-0.25, -0.2) is 0 Å². The summed E-state index contributed by atoms with van der Waals surface area (Å²) in [5, 5.41) is 11.7. The summed E-state index contributed by atoms with van der Waals surface area (Å²) >= 11 is 0. The van der Waals surface area contributed by atoms with Crippen molar-refractivity contribution in [1.29, 1.82) is 0 Å². The van der Waals surface area contributed by atoms with Gasteiger partial charge in [0.15, 0.2) is 12.0 Å². The number of carbonyl (C=O) groups is 1. The zero-order valence-electron chi connectivity index (χ0n) is 13.1. The van der Waals surface area contributed by atoms with Gasteiger partial charge < -0.3 is 9.94 Å². The maximum atomic E-state index is 12.6. The van der Waals surface area contributed by atoms with Crippen LogP contribution in [0.3, 0.4) is 0 Å². The van der Waals surface area contributed by atoms with Crippen molar-refractivity contribution >= 4 is 5.78 Å². The molecule has 0 atom stereocenters. The van der Waals surface area contributed by atoms with E-state index in [1.54, 1.807) is 36.4 Å². The fourth-order valence-electron chi connectivity index (χ4n) is 2.42. The van der Waals surface area contributed by atoms with E-state index in [0.29, 0.717) is 28.3 Å².